The molecule has 0 spiro atoms. The lowest BCUT2D eigenvalue weighted by molar-refractivity contribution is -0.131. The van der Waals surface area contributed by atoms with Crippen molar-refractivity contribution in [3.8, 4) is 5.75 Å². The van der Waals surface area contributed by atoms with Gasteiger partial charge in [-0.15, -0.1) is 0 Å². The lowest BCUT2D eigenvalue weighted by Gasteiger charge is -2.32. The molecule has 0 saturated carbocycles. The Morgan fingerprint density at radius 1 is 1.11 bits per heavy atom. The van der Waals surface area contributed by atoms with E-state index in [1.54, 1.807) is 37.9 Å². The van der Waals surface area contributed by atoms with Crippen molar-refractivity contribution in [1.82, 2.24) is 14.9 Å². The average molecular weight is 497 g/mol. The van der Waals surface area contributed by atoms with Crippen molar-refractivity contribution in [1.29, 1.82) is 0 Å². The van der Waals surface area contributed by atoms with E-state index in [1.807, 2.05) is 0 Å². The number of likely N-dealkylation sites (tertiary alicyclic amines) is 1. The summed E-state index contributed by atoms with van der Waals surface area (Å²) < 4.78 is 41.5. The first-order valence-corrected chi connectivity index (χ1v) is 11.7. The zero-order valence-corrected chi connectivity index (χ0v) is 20.4. The van der Waals surface area contributed by atoms with Crippen LogP contribution >= 0.6 is 0 Å². The van der Waals surface area contributed by atoms with Gasteiger partial charge in [0.05, 0.1) is 17.8 Å². The molecule has 36 heavy (non-hydrogen) atoms. The molecule has 0 N–H and O–H groups in total. The van der Waals surface area contributed by atoms with E-state index < -0.39 is 17.5 Å². The molecule has 6 nitrogen and oxygen atoms in total. The molecule has 9 heteroatoms. The van der Waals surface area contributed by atoms with Crippen molar-refractivity contribution in [2.45, 2.75) is 46.0 Å². The Kier molecular flexibility index (Phi) is 7.67. The van der Waals surface area contributed by atoms with Crippen LogP contribution in [0.2, 0.25) is 0 Å². The SMILES string of the molecule is C/C(=N/Oc1cc(F)ccc1C)c1cnc(C)nc1C1CCN(C(=O)Cc2c(F)cccc2F)CC1. The van der Waals surface area contributed by atoms with Crippen molar-refractivity contribution in [2.75, 3.05) is 13.1 Å². The van der Waals surface area contributed by atoms with Crippen molar-refractivity contribution < 1.29 is 22.8 Å². The van der Waals surface area contributed by atoms with E-state index >= 15 is 0 Å². The molecule has 0 atom stereocenters. The predicted molar refractivity (Wildman–Crippen MR) is 129 cm³/mol. The maximum absolute atomic E-state index is 14.0. The number of oxime groups is 1. The third-order valence-electron chi connectivity index (χ3n) is 6.38. The Bertz CT molecular complexity index is 1280. The molecule has 2 heterocycles. The number of carbonyl (C=O) groups excluding carboxylic acids is 1. The number of hydrogen-bond acceptors (Lipinski definition) is 5. The maximum atomic E-state index is 14.0. The zero-order chi connectivity index (χ0) is 25.8. The van der Waals surface area contributed by atoms with Crippen molar-refractivity contribution in [3.63, 3.8) is 0 Å². The minimum absolute atomic E-state index is 0.0389. The fourth-order valence-corrected chi connectivity index (χ4v) is 4.28. The van der Waals surface area contributed by atoms with Gasteiger partial charge >= 0.3 is 0 Å². The number of aryl methyl sites for hydroxylation is 2. The van der Waals surface area contributed by atoms with Gasteiger partial charge < -0.3 is 9.74 Å². The van der Waals surface area contributed by atoms with Crippen LogP contribution in [0.1, 0.15) is 53.9 Å². The molecular weight excluding hydrogens is 469 g/mol. The Morgan fingerprint density at radius 3 is 2.50 bits per heavy atom. The van der Waals surface area contributed by atoms with Gasteiger partial charge in [0.25, 0.3) is 0 Å². The van der Waals surface area contributed by atoms with Crippen LogP contribution in [0, 0.1) is 31.3 Å². The highest BCUT2D eigenvalue weighted by molar-refractivity contribution is 5.99. The fourth-order valence-electron chi connectivity index (χ4n) is 4.28. The smallest absolute Gasteiger partial charge is 0.227 e. The summed E-state index contributed by atoms with van der Waals surface area (Å²) in [4.78, 5) is 28.8. The number of piperidine rings is 1. The highest BCUT2D eigenvalue weighted by atomic mass is 19.1. The van der Waals surface area contributed by atoms with Crippen LogP contribution in [0.4, 0.5) is 13.2 Å². The third-order valence-corrected chi connectivity index (χ3v) is 6.38. The second kappa shape index (κ2) is 10.9. The van der Waals surface area contributed by atoms with Crippen LogP contribution in [-0.4, -0.2) is 39.6 Å². The topological polar surface area (TPSA) is 67.7 Å². The molecule has 188 valence electrons. The largest absolute Gasteiger partial charge is 0.356 e. The number of hydrogen-bond donors (Lipinski definition) is 0. The number of aromatic nitrogens is 2. The second-order valence-corrected chi connectivity index (χ2v) is 8.93. The van der Waals surface area contributed by atoms with Gasteiger partial charge in [-0.1, -0.05) is 17.3 Å². The van der Waals surface area contributed by atoms with Crippen LogP contribution in [-0.2, 0) is 11.2 Å². The maximum Gasteiger partial charge on any atom is 0.227 e. The highest BCUT2D eigenvalue weighted by Crippen LogP contribution is 2.30. The summed E-state index contributed by atoms with van der Waals surface area (Å²) in [7, 11) is 0. The number of carbonyl (C=O) groups is 1. The average Bonchev–Trinajstić information content (AvgIpc) is 2.86. The van der Waals surface area contributed by atoms with Crippen LogP contribution in [0.5, 0.6) is 5.75 Å². The summed E-state index contributed by atoms with van der Waals surface area (Å²) in [5.41, 5.74) is 2.60. The van der Waals surface area contributed by atoms with E-state index in [9.17, 15) is 18.0 Å². The van der Waals surface area contributed by atoms with E-state index in [0.29, 0.717) is 48.8 Å². The summed E-state index contributed by atoms with van der Waals surface area (Å²) in [5, 5.41) is 4.19. The monoisotopic (exact) mass is 496 g/mol. The summed E-state index contributed by atoms with van der Waals surface area (Å²) >= 11 is 0. The van der Waals surface area contributed by atoms with Crippen molar-refractivity contribution >= 4 is 11.6 Å². The van der Waals surface area contributed by atoms with E-state index in [1.165, 1.54) is 18.2 Å². The lowest BCUT2D eigenvalue weighted by atomic mass is 9.89. The number of nitrogens with zero attached hydrogens (tertiary/aromatic N) is 4. The first-order valence-electron chi connectivity index (χ1n) is 11.7. The molecule has 3 aromatic rings. The van der Waals surface area contributed by atoms with E-state index in [2.05, 4.69) is 15.1 Å². The van der Waals surface area contributed by atoms with Gasteiger partial charge in [-0.2, -0.15) is 0 Å². The van der Waals surface area contributed by atoms with Gasteiger partial charge in [-0.05, 0) is 57.4 Å². The molecule has 0 bridgehead atoms. The Labute approximate surface area is 207 Å². The standard InChI is InChI=1S/C27H27F3N4O2/c1-16-7-8-20(28)13-25(16)36-33-17(2)22-15-31-18(3)32-27(22)19-9-11-34(12-10-19)26(35)14-21-23(29)5-4-6-24(21)30/h4-8,13,15,19H,9-12,14H2,1-3H3/b33-17-. The van der Waals surface area contributed by atoms with E-state index in [-0.39, 0.29) is 23.8 Å². The van der Waals surface area contributed by atoms with Gasteiger partial charge in [0.15, 0.2) is 5.75 Å². The summed E-state index contributed by atoms with van der Waals surface area (Å²) in [5.74, 6) is -1.19. The molecule has 0 radical (unpaired) electrons. The Hall–Kier alpha value is -3.75. The van der Waals surface area contributed by atoms with Crippen LogP contribution in [0.15, 0.2) is 47.8 Å². The molecule has 1 aromatic heterocycles. The normalized spacial score (nSPS) is 14.7. The Morgan fingerprint density at radius 2 is 1.81 bits per heavy atom. The van der Waals surface area contributed by atoms with Gasteiger partial charge in [0.2, 0.25) is 5.91 Å². The van der Waals surface area contributed by atoms with Crippen LogP contribution < -0.4 is 4.84 Å². The van der Waals surface area contributed by atoms with Gasteiger partial charge in [-0.25, -0.2) is 23.1 Å². The molecular formula is C27H27F3N4O2. The molecule has 1 amide bonds. The first-order chi connectivity index (χ1) is 17.2. The molecule has 1 saturated heterocycles. The molecule has 2 aromatic carbocycles. The summed E-state index contributed by atoms with van der Waals surface area (Å²) in [6.07, 6.45) is 2.64. The molecule has 0 unspecified atom stereocenters. The zero-order valence-electron chi connectivity index (χ0n) is 20.4. The minimum Gasteiger partial charge on any atom is -0.356 e. The van der Waals surface area contributed by atoms with Crippen LogP contribution in [0.3, 0.4) is 0 Å². The highest BCUT2D eigenvalue weighted by Gasteiger charge is 2.28. The second-order valence-electron chi connectivity index (χ2n) is 8.93. The third kappa shape index (κ3) is 5.72. The van der Waals surface area contributed by atoms with Gasteiger partial charge in [-0.3, -0.25) is 4.79 Å². The summed E-state index contributed by atoms with van der Waals surface area (Å²) in [6.45, 7) is 6.26. The Balaban J connectivity index is 1.46. The molecule has 4 rings (SSSR count). The molecule has 1 aliphatic heterocycles. The molecule has 0 aliphatic carbocycles. The lowest BCUT2D eigenvalue weighted by Crippen LogP contribution is -2.39. The first kappa shape index (κ1) is 25.3. The fraction of sp³-hybridized carbons (Fsp3) is 0.333. The minimum atomic E-state index is -0.718. The number of halogens is 3. The van der Waals surface area contributed by atoms with Gasteiger partial charge in [0, 0.05) is 42.4 Å². The van der Waals surface area contributed by atoms with Crippen LogP contribution in [0.25, 0.3) is 0 Å². The van der Waals surface area contributed by atoms with E-state index in [4.69, 9.17) is 4.84 Å². The number of benzene rings is 2. The molecule has 1 aliphatic rings. The van der Waals surface area contributed by atoms with Gasteiger partial charge in [0.1, 0.15) is 23.3 Å². The number of rotatable bonds is 6. The van der Waals surface area contributed by atoms with E-state index in [0.717, 1.165) is 23.4 Å². The quantitative estimate of drug-likeness (QED) is 0.345. The van der Waals surface area contributed by atoms with Crippen molar-refractivity contribution in [3.05, 3.63) is 88.3 Å². The van der Waals surface area contributed by atoms with Crippen molar-refractivity contribution in [2.24, 2.45) is 5.16 Å². The predicted octanol–water partition coefficient (Wildman–Crippen LogP) is 5.26. The molecule has 1 fully saturated rings. The summed E-state index contributed by atoms with van der Waals surface area (Å²) in [6, 6.07) is 7.83. The number of amides is 1.